The highest BCUT2D eigenvalue weighted by Gasteiger charge is 2.22. The minimum absolute atomic E-state index is 0.178. The fourth-order valence-electron chi connectivity index (χ4n) is 2.41. The summed E-state index contributed by atoms with van der Waals surface area (Å²) in [7, 11) is 0. The summed E-state index contributed by atoms with van der Waals surface area (Å²) >= 11 is 0. The molecule has 134 valence electrons. The Hall–Kier alpha value is -2.67. The van der Waals surface area contributed by atoms with Gasteiger partial charge in [-0.1, -0.05) is 12.1 Å². The summed E-state index contributed by atoms with van der Waals surface area (Å²) in [4.78, 5) is 23.9. The van der Waals surface area contributed by atoms with Gasteiger partial charge in [-0.3, -0.25) is 14.5 Å². The molecule has 0 fully saturated rings. The van der Waals surface area contributed by atoms with Crippen molar-refractivity contribution in [2.45, 2.75) is 26.4 Å². The fourth-order valence-corrected chi connectivity index (χ4v) is 2.41. The molecule has 25 heavy (non-hydrogen) atoms. The summed E-state index contributed by atoms with van der Waals surface area (Å²) < 4.78 is 19.5. The molecule has 0 aliphatic heterocycles. The number of nitrogens with zero attached hydrogens (tertiary/aromatic N) is 1. The van der Waals surface area contributed by atoms with Gasteiger partial charge in [0.1, 0.15) is 23.4 Å². The number of carboxylic acid groups (broad SMARTS) is 1. The first-order valence-electron chi connectivity index (χ1n) is 7.93. The van der Waals surface area contributed by atoms with Crippen LogP contribution in [0.1, 0.15) is 19.6 Å². The highest BCUT2D eigenvalue weighted by atomic mass is 19.1. The molecule has 1 aromatic carbocycles. The van der Waals surface area contributed by atoms with E-state index < -0.39 is 12.0 Å². The highest BCUT2D eigenvalue weighted by molar-refractivity contribution is 5.73. The van der Waals surface area contributed by atoms with Crippen LogP contribution >= 0.6 is 0 Å². The maximum absolute atomic E-state index is 13.8. The first-order chi connectivity index (χ1) is 11.9. The number of nitrogens with one attached hydrogen (secondary N) is 1. The maximum Gasteiger partial charge on any atom is 0.320 e. The Bertz CT molecular complexity index is 744. The van der Waals surface area contributed by atoms with E-state index in [1.165, 1.54) is 13.0 Å². The molecule has 2 aromatic rings. The Morgan fingerprint density at radius 1 is 1.28 bits per heavy atom. The van der Waals surface area contributed by atoms with Crippen LogP contribution in [0.15, 0.2) is 40.8 Å². The molecule has 1 heterocycles. The number of amides is 1. The molecule has 2 rings (SSSR count). The number of furan rings is 1. The second-order valence-electron chi connectivity index (χ2n) is 5.71. The molecule has 1 atom stereocenters. The van der Waals surface area contributed by atoms with Crippen molar-refractivity contribution in [1.82, 2.24) is 10.2 Å². The van der Waals surface area contributed by atoms with Crippen LogP contribution in [-0.4, -0.2) is 41.0 Å². The van der Waals surface area contributed by atoms with Crippen LogP contribution in [0.4, 0.5) is 4.39 Å². The van der Waals surface area contributed by atoms with E-state index in [0.717, 1.165) is 0 Å². The summed E-state index contributed by atoms with van der Waals surface area (Å²) in [5.41, 5.74) is 0.352. The highest BCUT2D eigenvalue weighted by Crippen LogP contribution is 2.25. The molecule has 0 aliphatic rings. The number of carboxylic acids is 1. The number of hydrogen-bond donors (Lipinski definition) is 2. The monoisotopic (exact) mass is 348 g/mol. The fraction of sp³-hybridized carbons (Fsp3) is 0.333. The Morgan fingerprint density at radius 3 is 2.64 bits per heavy atom. The van der Waals surface area contributed by atoms with E-state index in [2.05, 4.69) is 5.32 Å². The van der Waals surface area contributed by atoms with E-state index in [9.17, 15) is 19.1 Å². The van der Waals surface area contributed by atoms with Crippen molar-refractivity contribution >= 4 is 11.9 Å². The summed E-state index contributed by atoms with van der Waals surface area (Å²) in [5.74, 6) is -0.622. The minimum Gasteiger partial charge on any atom is -0.480 e. The average molecular weight is 348 g/mol. The number of halogens is 1. The molecule has 7 heteroatoms. The lowest BCUT2D eigenvalue weighted by Crippen LogP contribution is -2.42. The van der Waals surface area contributed by atoms with Crippen molar-refractivity contribution in [3.63, 3.8) is 0 Å². The zero-order valence-electron chi connectivity index (χ0n) is 14.2. The molecule has 0 bridgehead atoms. The third kappa shape index (κ3) is 5.15. The molecule has 0 saturated heterocycles. The number of carbonyl (C=O) groups is 2. The van der Waals surface area contributed by atoms with Crippen molar-refractivity contribution in [3.05, 3.63) is 48.0 Å². The van der Waals surface area contributed by atoms with Gasteiger partial charge in [0.25, 0.3) is 0 Å². The van der Waals surface area contributed by atoms with Gasteiger partial charge in [0.15, 0.2) is 0 Å². The number of benzene rings is 1. The van der Waals surface area contributed by atoms with E-state index in [0.29, 0.717) is 30.2 Å². The third-order valence-corrected chi connectivity index (χ3v) is 3.84. The normalized spacial score (nSPS) is 12.2. The van der Waals surface area contributed by atoms with Crippen molar-refractivity contribution in [1.29, 1.82) is 0 Å². The second-order valence-corrected chi connectivity index (χ2v) is 5.71. The summed E-state index contributed by atoms with van der Waals surface area (Å²) in [6.45, 7) is 3.88. The minimum atomic E-state index is -0.969. The smallest absolute Gasteiger partial charge is 0.320 e. The van der Waals surface area contributed by atoms with Crippen LogP contribution in [0, 0.1) is 5.82 Å². The van der Waals surface area contributed by atoms with E-state index in [-0.39, 0.29) is 18.3 Å². The molecule has 1 amide bonds. The topological polar surface area (TPSA) is 82.8 Å². The Labute approximate surface area is 145 Å². The quantitative estimate of drug-likeness (QED) is 0.766. The lowest BCUT2D eigenvalue weighted by molar-refractivity contribution is -0.142. The summed E-state index contributed by atoms with van der Waals surface area (Å²) in [6.07, 6.45) is 0. The summed E-state index contributed by atoms with van der Waals surface area (Å²) in [6, 6.07) is 8.88. The number of aliphatic carboxylic acids is 1. The largest absolute Gasteiger partial charge is 0.480 e. The third-order valence-electron chi connectivity index (χ3n) is 3.84. The van der Waals surface area contributed by atoms with Crippen molar-refractivity contribution in [2.24, 2.45) is 0 Å². The molecule has 6 nitrogen and oxygen atoms in total. The van der Waals surface area contributed by atoms with Crippen LogP contribution in [0.5, 0.6) is 0 Å². The average Bonchev–Trinajstić information content (AvgIpc) is 3.01. The van der Waals surface area contributed by atoms with Gasteiger partial charge in [0, 0.05) is 20.0 Å². The Balaban J connectivity index is 2.11. The lowest BCUT2D eigenvalue weighted by atomic mass is 10.1. The van der Waals surface area contributed by atoms with Gasteiger partial charge in [0.2, 0.25) is 5.91 Å². The molecule has 0 radical (unpaired) electrons. The van der Waals surface area contributed by atoms with Gasteiger partial charge in [-0.15, -0.1) is 0 Å². The predicted octanol–water partition coefficient (Wildman–Crippen LogP) is 2.50. The van der Waals surface area contributed by atoms with Crippen LogP contribution in [0.25, 0.3) is 11.3 Å². The van der Waals surface area contributed by atoms with Crippen molar-refractivity contribution in [3.8, 4) is 11.3 Å². The Kier molecular flexibility index (Phi) is 6.30. The second kappa shape index (κ2) is 8.43. The summed E-state index contributed by atoms with van der Waals surface area (Å²) in [5, 5.41) is 11.9. The molecular formula is C18H21FN2O4. The molecule has 1 unspecified atom stereocenters. The first-order valence-corrected chi connectivity index (χ1v) is 7.93. The van der Waals surface area contributed by atoms with Gasteiger partial charge in [-0.05, 0) is 31.2 Å². The molecule has 0 saturated carbocycles. The van der Waals surface area contributed by atoms with Crippen molar-refractivity contribution in [2.75, 3.05) is 13.1 Å². The van der Waals surface area contributed by atoms with Crippen LogP contribution in [0.2, 0.25) is 0 Å². The Morgan fingerprint density at radius 2 is 2.00 bits per heavy atom. The SMILES string of the molecule is CC(=O)NCCN(Cc1ccc(-c2ccccc2F)o1)C(C)C(=O)O. The van der Waals surface area contributed by atoms with Crippen LogP contribution in [0.3, 0.4) is 0 Å². The van der Waals surface area contributed by atoms with Crippen LogP contribution < -0.4 is 5.32 Å². The predicted molar refractivity (Wildman–Crippen MR) is 90.3 cm³/mol. The van der Waals surface area contributed by atoms with Gasteiger partial charge in [-0.25, -0.2) is 4.39 Å². The number of hydrogen-bond acceptors (Lipinski definition) is 4. The van der Waals surface area contributed by atoms with E-state index in [1.54, 1.807) is 42.2 Å². The number of carbonyl (C=O) groups excluding carboxylic acids is 1. The zero-order chi connectivity index (χ0) is 18.4. The van der Waals surface area contributed by atoms with E-state index in [4.69, 9.17) is 4.42 Å². The molecule has 0 aliphatic carbocycles. The first kappa shape index (κ1) is 18.7. The zero-order valence-corrected chi connectivity index (χ0v) is 14.2. The van der Waals surface area contributed by atoms with Gasteiger partial charge in [0.05, 0.1) is 12.1 Å². The van der Waals surface area contributed by atoms with E-state index in [1.807, 2.05) is 0 Å². The van der Waals surface area contributed by atoms with Crippen molar-refractivity contribution < 1.29 is 23.5 Å². The molecule has 0 spiro atoms. The molecule has 2 N–H and O–H groups in total. The van der Waals surface area contributed by atoms with Gasteiger partial charge in [-0.2, -0.15) is 0 Å². The van der Waals surface area contributed by atoms with Gasteiger partial charge >= 0.3 is 5.97 Å². The standard InChI is InChI=1S/C18H21FN2O4/c1-12(18(23)24)21(10-9-20-13(2)22)11-14-7-8-17(25-14)15-5-3-4-6-16(15)19/h3-8,12H,9-11H2,1-2H3,(H,20,22)(H,23,24). The molecule has 1 aromatic heterocycles. The molecular weight excluding hydrogens is 327 g/mol. The van der Waals surface area contributed by atoms with E-state index >= 15 is 0 Å². The lowest BCUT2D eigenvalue weighted by Gasteiger charge is -2.25. The van der Waals surface area contributed by atoms with Crippen LogP contribution in [-0.2, 0) is 16.1 Å². The number of rotatable bonds is 8. The maximum atomic E-state index is 13.8. The van der Waals surface area contributed by atoms with Gasteiger partial charge < -0.3 is 14.8 Å².